The Labute approximate surface area is 260 Å². The van der Waals surface area contributed by atoms with Crippen LogP contribution in [-0.2, 0) is 0 Å². The van der Waals surface area contributed by atoms with Crippen molar-refractivity contribution in [2.45, 2.75) is 0 Å². The number of nitrogens with one attached hydrogen (secondary N) is 1. The second-order valence-corrected chi connectivity index (χ2v) is 14.7. The summed E-state index contributed by atoms with van der Waals surface area (Å²) in [6.07, 6.45) is 1.72. The van der Waals surface area contributed by atoms with E-state index < -0.39 is 15.8 Å². The normalized spacial score (nSPS) is 11.6. The molecule has 0 aliphatic carbocycles. The third-order valence-electron chi connectivity index (χ3n) is 7.28. The Morgan fingerprint density at radius 3 is 1.09 bits per heavy atom. The minimum Gasteiger partial charge on any atom is -0.399 e. The molecule has 6 aromatic carbocycles. The van der Waals surface area contributed by atoms with Crippen molar-refractivity contribution in [3.8, 4) is 0 Å². The molecule has 0 aliphatic rings. The van der Waals surface area contributed by atoms with Crippen LogP contribution in [0.25, 0.3) is 0 Å². The number of benzene rings is 6. The van der Waals surface area contributed by atoms with Crippen molar-refractivity contribution in [3.05, 3.63) is 163 Å². The molecule has 44 heavy (non-hydrogen) atoms. The third-order valence-corrected chi connectivity index (χ3v) is 12.2. The second kappa shape index (κ2) is 13.6. The van der Waals surface area contributed by atoms with E-state index in [1.165, 1.54) is 21.2 Å². The molecule has 0 saturated carbocycles. The molecule has 1 atom stereocenters. The number of nitrogen functional groups attached to an aromatic ring is 1. The smallest absolute Gasteiger partial charge is 0.150 e. The van der Waals surface area contributed by atoms with Crippen LogP contribution in [0, 0.1) is 0 Å². The Kier molecular flexibility index (Phi) is 9.03. The lowest BCUT2D eigenvalue weighted by atomic mass is 10.2. The number of carbonyl (C=O) groups is 2. The Morgan fingerprint density at radius 2 is 0.727 bits per heavy atom. The Balaban J connectivity index is 1.25. The molecule has 0 amide bonds. The zero-order valence-electron chi connectivity index (χ0n) is 23.9. The lowest BCUT2D eigenvalue weighted by Crippen LogP contribution is -2.21. The van der Waals surface area contributed by atoms with Gasteiger partial charge in [-0.1, -0.05) is 115 Å². The highest BCUT2D eigenvalue weighted by Gasteiger charge is 2.18. The molecular weight excluding hydrogens is 578 g/mol. The van der Waals surface area contributed by atoms with E-state index in [4.69, 9.17) is 5.73 Å². The van der Waals surface area contributed by atoms with E-state index in [9.17, 15) is 9.59 Å². The summed E-state index contributed by atoms with van der Waals surface area (Å²) in [4.78, 5) is 22.5. The van der Waals surface area contributed by atoms with Crippen molar-refractivity contribution in [1.82, 2.24) is 0 Å². The van der Waals surface area contributed by atoms with Crippen LogP contribution in [-0.4, -0.2) is 12.6 Å². The van der Waals surface area contributed by atoms with E-state index >= 15 is 0 Å². The number of anilines is 3. The van der Waals surface area contributed by atoms with Crippen molar-refractivity contribution in [1.29, 1.82) is 0 Å². The highest BCUT2D eigenvalue weighted by molar-refractivity contribution is 7.80. The van der Waals surface area contributed by atoms with Gasteiger partial charge in [-0.25, -0.2) is 0 Å². The topological polar surface area (TPSA) is 72.2 Å². The second-order valence-electron chi connectivity index (χ2n) is 10.2. The van der Waals surface area contributed by atoms with E-state index in [2.05, 4.69) is 90.2 Å². The molecule has 0 heterocycles. The summed E-state index contributed by atoms with van der Waals surface area (Å²) in [6.45, 7) is 0. The molecule has 214 valence electrons. The zero-order valence-corrected chi connectivity index (χ0v) is 25.7. The summed E-state index contributed by atoms with van der Waals surface area (Å²) >= 11 is 0. The summed E-state index contributed by atoms with van der Waals surface area (Å²) in [6, 6.07) is 51.5. The first-order valence-corrected chi connectivity index (χ1v) is 16.9. The van der Waals surface area contributed by atoms with Crippen LogP contribution in [0.4, 0.5) is 17.1 Å². The van der Waals surface area contributed by atoms with Gasteiger partial charge in [-0.2, -0.15) is 0 Å². The van der Waals surface area contributed by atoms with Crippen LogP contribution >= 0.6 is 15.8 Å². The first-order chi connectivity index (χ1) is 21.6. The molecule has 6 heteroatoms. The Morgan fingerprint density at radius 1 is 0.409 bits per heavy atom. The van der Waals surface area contributed by atoms with Crippen molar-refractivity contribution in [3.63, 3.8) is 0 Å². The van der Waals surface area contributed by atoms with Gasteiger partial charge in [0.2, 0.25) is 0 Å². The summed E-state index contributed by atoms with van der Waals surface area (Å²) in [5, 5.41) is 10.8. The lowest BCUT2D eigenvalue weighted by molar-refractivity contribution is 0.111. The molecule has 0 saturated heterocycles. The number of aldehydes is 2. The standard InChI is InChI=1S/C38H30N2O2P2/c39-30-10-20-36(21-11-30)43(33-4-2-1-3-5-33)37-22-12-31(13-23-37)40-32-14-24-38(25-15-32)44(34-16-6-28(26-41)7-17-34)35-18-8-29(27-42)9-19-35/h1-27,40H,39H2. The maximum atomic E-state index is 11.2. The summed E-state index contributed by atoms with van der Waals surface area (Å²) < 4.78 is 0. The van der Waals surface area contributed by atoms with Gasteiger partial charge in [0.05, 0.1) is 0 Å². The van der Waals surface area contributed by atoms with Gasteiger partial charge in [0.15, 0.2) is 0 Å². The third kappa shape index (κ3) is 6.68. The molecule has 0 aromatic heterocycles. The van der Waals surface area contributed by atoms with E-state index in [1.807, 2.05) is 66.7 Å². The quantitative estimate of drug-likeness (QED) is 0.111. The minimum atomic E-state index is -0.876. The van der Waals surface area contributed by atoms with Gasteiger partial charge in [-0.05, 0) is 84.1 Å². The molecule has 0 aliphatic heterocycles. The number of carbonyl (C=O) groups excluding carboxylic acids is 2. The molecule has 6 rings (SSSR count). The van der Waals surface area contributed by atoms with E-state index in [-0.39, 0.29) is 0 Å². The molecule has 0 spiro atoms. The average Bonchev–Trinajstić information content (AvgIpc) is 3.08. The SMILES string of the molecule is Nc1ccc(P(c2ccccc2)c2ccc(Nc3ccc(P(c4ccc(C=O)cc4)c4ccc(C=O)cc4)cc3)cc2)cc1. The van der Waals surface area contributed by atoms with E-state index in [0.717, 1.165) is 40.2 Å². The van der Waals surface area contributed by atoms with Crippen LogP contribution in [0.2, 0.25) is 0 Å². The number of rotatable bonds is 10. The van der Waals surface area contributed by atoms with Crippen LogP contribution in [0.3, 0.4) is 0 Å². The van der Waals surface area contributed by atoms with E-state index in [1.54, 1.807) is 0 Å². The fourth-order valence-electron chi connectivity index (χ4n) is 5.05. The van der Waals surface area contributed by atoms with Gasteiger partial charge < -0.3 is 11.1 Å². The van der Waals surface area contributed by atoms with Crippen LogP contribution < -0.4 is 42.9 Å². The fraction of sp³-hybridized carbons (Fsp3) is 0. The highest BCUT2D eigenvalue weighted by atomic mass is 31.1. The maximum absolute atomic E-state index is 11.2. The van der Waals surface area contributed by atoms with Crippen molar-refractivity contribution in [2.24, 2.45) is 0 Å². The molecule has 0 radical (unpaired) electrons. The van der Waals surface area contributed by atoms with E-state index in [0.29, 0.717) is 11.1 Å². The highest BCUT2D eigenvalue weighted by Crippen LogP contribution is 2.35. The summed E-state index contributed by atoms with van der Waals surface area (Å²) in [5.74, 6) is 0. The average molecular weight is 609 g/mol. The van der Waals surface area contributed by atoms with Crippen molar-refractivity contribution in [2.75, 3.05) is 11.1 Å². The van der Waals surface area contributed by atoms with Crippen LogP contribution in [0.1, 0.15) is 20.7 Å². The molecular formula is C38H30N2O2P2. The first-order valence-electron chi connectivity index (χ1n) is 14.2. The Bertz CT molecular complexity index is 1790. The van der Waals surface area contributed by atoms with Crippen molar-refractivity contribution >= 4 is 77.3 Å². The molecule has 1 unspecified atom stereocenters. The van der Waals surface area contributed by atoms with Gasteiger partial charge in [-0.15, -0.1) is 0 Å². The first kappa shape index (κ1) is 29.2. The van der Waals surface area contributed by atoms with Crippen LogP contribution in [0.5, 0.6) is 0 Å². The fourth-order valence-corrected chi connectivity index (χ4v) is 9.55. The summed E-state index contributed by atoms with van der Waals surface area (Å²) in [5.41, 5.74) is 10.0. The number of hydrogen-bond acceptors (Lipinski definition) is 4. The molecule has 6 aromatic rings. The molecule has 3 N–H and O–H groups in total. The Hall–Kier alpha value is -4.88. The maximum Gasteiger partial charge on any atom is 0.150 e. The van der Waals surface area contributed by atoms with Gasteiger partial charge in [-0.3, -0.25) is 9.59 Å². The number of hydrogen-bond donors (Lipinski definition) is 2. The lowest BCUT2D eigenvalue weighted by Gasteiger charge is -2.21. The minimum absolute atomic E-state index is 0.648. The van der Waals surface area contributed by atoms with Gasteiger partial charge >= 0.3 is 0 Å². The predicted molar refractivity (Wildman–Crippen MR) is 189 cm³/mol. The number of nitrogens with two attached hydrogens (primary N) is 1. The molecule has 0 bridgehead atoms. The molecule has 0 fully saturated rings. The van der Waals surface area contributed by atoms with Crippen LogP contribution in [0.15, 0.2) is 152 Å². The predicted octanol–water partition coefficient (Wildman–Crippen LogP) is 6.15. The monoisotopic (exact) mass is 608 g/mol. The van der Waals surface area contributed by atoms with Gasteiger partial charge in [0, 0.05) is 28.2 Å². The zero-order chi connectivity index (χ0) is 30.3. The molecule has 4 nitrogen and oxygen atoms in total. The summed E-state index contributed by atoms with van der Waals surface area (Å²) in [7, 11) is -1.59. The van der Waals surface area contributed by atoms with Gasteiger partial charge in [0.25, 0.3) is 0 Å². The van der Waals surface area contributed by atoms with Gasteiger partial charge in [0.1, 0.15) is 12.6 Å². The van der Waals surface area contributed by atoms with Crippen molar-refractivity contribution < 1.29 is 9.59 Å². The largest absolute Gasteiger partial charge is 0.399 e.